The fourth-order valence-corrected chi connectivity index (χ4v) is 4.61. The molecule has 0 atom stereocenters. The number of nitrogen functional groups attached to an aromatic ring is 1. The Morgan fingerprint density at radius 1 is 0.962 bits per heavy atom. The molecule has 1 heterocycles. The molecule has 0 aliphatic carbocycles. The molecule has 1 fully saturated rings. The van der Waals surface area contributed by atoms with Crippen LogP contribution in [0.4, 0.5) is 5.69 Å². The van der Waals surface area contributed by atoms with E-state index in [2.05, 4.69) is 11.0 Å². The third kappa shape index (κ3) is 4.57. The van der Waals surface area contributed by atoms with Crippen molar-refractivity contribution in [3.63, 3.8) is 0 Å². The molecule has 7 heteroatoms. The van der Waals surface area contributed by atoms with Gasteiger partial charge >= 0.3 is 0 Å². The van der Waals surface area contributed by atoms with Crippen molar-refractivity contribution in [3.05, 3.63) is 59.2 Å². The maximum absolute atomic E-state index is 12.9. The van der Waals surface area contributed by atoms with Gasteiger partial charge in [0.25, 0.3) is 0 Å². The van der Waals surface area contributed by atoms with Crippen molar-refractivity contribution in [1.29, 1.82) is 0 Å². The molecule has 2 aromatic rings. The Morgan fingerprint density at radius 3 is 2.27 bits per heavy atom. The summed E-state index contributed by atoms with van der Waals surface area (Å²) in [5, 5.41) is 0. The van der Waals surface area contributed by atoms with Crippen LogP contribution in [0.25, 0.3) is 0 Å². The van der Waals surface area contributed by atoms with Crippen LogP contribution in [-0.4, -0.2) is 43.8 Å². The second-order valence-corrected chi connectivity index (χ2v) is 8.61. The van der Waals surface area contributed by atoms with E-state index < -0.39 is 10.0 Å². The van der Waals surface area contributed by atoms with E-state index in [1.807, 2.05) is 38.1 Å². The SMILES string of the molecule is Cc1ccc(S(=O)(=O)N2CCN(Cc3cccc(N)c3)CC2)cc1C.Cl. The summed E-state index contributed by atoms with van der Waals surface area (Å²) >= 11 is 0. The Hall–Kier alpha value is -1.60. The number of aryl methyl sites for hydroxylation is 2. The van der Waals surface area contributed by atoms with Crippen LogP contribution in [0, 0.1) is 13.8 Å². The highest BCUT2D eigenvalue weighted by Crippen LogP contribution is 2.21. The van der Waals surface area contributed by atoms with Gasteiger partial charge in [-0.15, -0.1) is 12.4 Å². The summed E-state index contributed by atoms with van der Waals surface area (Å²) in [5.41, 5.74) is 9.84. The maximum Gasteiger partial charge on any atom is 0.243 e. The molecule has 3 rings (SSSR count). The van der Waals surface area contributed by atoms with Gasteiger partial charge in [0.05, 0.1) is 4.90 Å². The van der Waals surface area contributed by atoms with E-state index in [0.29, 0.717) is 18.0 Å². The number of rotatable bonds is 4. The largest absolute Gasteiger partial charge is 0.399 e. The molecule has 2 aromatic carbocycles. The molecule has 0 bridgehead atoms. The lowest BCUT2D eigenvalue weighted by molar-refractivity contribution is 0.181. The smallest absolute Gasteiger partial charge is 0.243 e. The molecule has 0 aromatic heterocycles. The van der Waals surface area contributed by atoms with Crippen LogP contribution in [0.15, 0.2) is 47.4 Å². The van der Waals surface area contributed by atoms with E-state index in [1.165, 1.54) is 0 Å². The summed E-state index contributed by atoms with van der Waals surface area (Å²) in [6.45, 7) is 7.19. The van der Waals surface area contributed by atoms with Crippen molar-refractivity contribution in [2.24, 2.45) is 0 Å². The molecule has 0 amide bonds. The van der Waals surface area contributed by atoms with E-state index in [1.54, 1.807) is 16.4 Å². The Bertz CT molecular complexity index is 863. The normalized spacial score (nSPS) is 16.2. The van der Waals surface area contributed by atoms with Crippen molar-refractivity contribution in [2.45, 2.75) is 25.3 Å². The monoisotopic (exact) mass is 395 g/mol. The average Bonchev–Trinajstić information content (AvgIpc) is 2.58. The summed E-state index contributed by atoms with van der Waals surface area (Å²) in [5.74, 6) is 0. The molecule has 142 valence electrons. The molecule has 1 saturated heterocycles. The predicted octanol–water partition coefficient (Wildman–Crippen LogP) is 2.81. The third-order valence-corrected chi connectivity index (χ3v) is 6.70. The first-order chi connectivity index (χ1) is 11.9. The van der Waals surface area contributed by atoms with E-state index in [9.17, 15) is 8.42 Å². The summed E-state index contributed by atoms with van der Waals surface area (Å²) in [6.07, 6.45) is 0. The fraction of sp³-hybridized carbons (Fsp3) is 0.368. The minimum Gasteiger partial charge on any atom is -0.399 e. The van der Waals surface area contributed by atoms with E-state index in [4.69, 9.17) is 5.73 Å². The van der Waals surface area contributed by atoms with E-state index >= 15 is 0 Å². The Balaban J connectivity index is 0.00000243. The van der Waals surface area contributed by atoms with Gasteiger partial charge in [-0.1, -0.05) is 18.2 Å². The molecule has 0 radical (unpaired) electrons. The van der Waals surface area contributed by atoms with Crippen LogP contribution >= 0.6 is 12.4 Å². The van der Waals surface area contributed by atoms with Crippen molar-refractivity contribution < 1.29 is 8.42 Å². The van der Waals surface area contributed by atoms with Crippen LogP contribution in [0.2, 0.25) is 0 Å². The number of piperazine rings is 1. The molecule has 5 nitrogen and oxygen atoms in total. The molecule has 1 aliphatic heterocycles. The molecular formula is C19H26ClN3O2S. The van der Waals surface area contributed by atoms with Crippen LogP contribution in [0.5, 0.6) is 0 Å². The highest BCUT2D eigenvalue weighted by molar-refractivity contribution is 7.89. The molecule has 0 spiro atoms. The number of hydrogen-bond acceptors (Lipinski definition) is 4. The van der Waals surface area contributed by atoms with Crippen molar-refractivity contribution in [1.82, 2.24) is 9.21 Å². The minimum atomic E-state index is -3.42. The van der Waals surface area contributed by atoms with Crippen LogP contribution in [0.3, 0.4) is 0 Å². The zero-order valence-electron chi connectivity index (χ0n) is 15.2. The fourth-order valence-electron chi connectivity index (χ4n) is 3.10. The first-order valence-corrected chi connectivity index (χ1v) is 9.94. The number of halogens is 1. The highest BCUT2D eigenvalue weighted by Gasteiger charge is 2.28. The number of nitrogens with two attached hydrogens (primary N) is 1. The van der Waals surface area contributed by atoms with Gasteiger partial charge in [0, 0.05) is 38.4 Å². The second kappa shape index (κ2) is 8.39. The van der Waals surface area contributed by atoms with E-state index in [-0.39, 0.29) is 12.4 Å². The Labute approximate surface area is 162 Å². The quantitative estimate of drug-likeness (QED) is 0.808. The molecule has 0 saturated carbocycles. The van der Waals surface area contributed by atoms with Gasteiger partial charge in [-0.25, -0.2) is 8.42 Å². The first-order valence-electron chi connectivity index (χ1n) is 8.50. The van der Waals surface area contributed by atoms with Crippen molar-refractivity contribution >= 4 is 28.1 Å². The number of hydrogen-bond donors (Lipinski definition) is 1. The van der Waals surface area contributed by atoms with Gasteiger partial charge in [0.15, 0.2) is 0 Å². The Morgan fingerprint density at radius 2 is 1.65 bits per heavy atom. The van der Waals surface area contributed by atoms with Gasteiger partial charge in [0.1, 0.15) is 0 Å². The van der Waals surface area contributed by atoms with Gasteiger partial charge in [-0.2, -0.15) is 4.31 Å². The van der Waals surface area contributed by atoms with Crippen LogP contribution in [-0.2, 0) is 16.6 Å². The first kappa shape index (κ1) is 20.7. The minimum absolute atomic E-state index is 0. The van der Waals surface area contributed by atoms with Crippen molar-refractivity contribution in [2.75, 3.05) is 31.9 Å². The van der Waals surface area contributed by atoms with Gasteiger partial charge in [-0.3, -0.25) is 4.90 Å². The van der Waals surface area contributed by atoms with Crippen LogP contribution in [0.1, 0.15) is 16.7 Å². The summed E-state index contributed by atoms with van der Waals surface area (Å²) in [6, 6.07) is 13.2. The molecule has 1 aliphatic rings. The van der Waals surface area contributed by atoms with Gasteiger partial charge < -0.3 is 5.73 Å². The Kier molecular flexibility index (Phi) is 6.69. The highest BCUT2D eigenvalue weighted by atomic mass is 35.5. The topological polar surface area (TPSA) is 66.6 Å². The lowest BCUT2D eigenvalue weighted by Gasteiger charge is -2.34. The zero-order chi connectivity index (χ0) is 18.0. The average molecular weight is 396 g/mol. The number of benzene rings is 2. The maximum atomic E-state index is 12.9. The number of sulfonamides is 1. The summed E-state index contributed by atoms with van der Waals surface area (Å²) < 4.78 is 27.3. The second-order valence-electron chi connectivity index (χ2n) is 6.67. The predicted molar refractivity (Wildman–Crippen MR) is 108 cm³/mol. The molecule has 2 N–H and O–H groups in total. The third-order valence-electron chi connectivity index (χ3n) is 4.80. The molecule has 0 unspecified atom stereocenters. The lowest BCUT2D eigenvalue weighted by atomic mass is 10.1. The lowest BCUT2D eigenvalue weighted by Crippen LogP contribution is -2.48. The standard InChI is InChI=1S/C19H25N3O2S.ClH/c1-15-6-7-19(12-16(15)2)25(23,24)22-10-8-21(9-11-22)14-17-4-3-5-18(20)13-17;/h3-7,12-13H,8-11,14,20H2,1-2H3;1H. The van der Waals surface area contributed by atoms with Gasteiger partial charge in [-0.05, 0) is 54.8 Å². The van der Waals surface area contributed by atoms with Gasteiger partial charge in [0.2, 0.25) is 10.0 Å². The zero-order valence-corrected chi connectivity index (χ0v) is 16.8. The summed E-state index contributed by atoms with van der Waals surface area (Å²) in [4.78, 5) is 2.65. The van der Waals surface area contributed by atoms with E-state index in [0.717, 1.165) is 42.0 Å². The summed E-state index contributed by atoms with van der Waals surface area (Å²) in [7, 11) is -3.42. The number of nitrogens with zero attached hydrogens (tertiary/aromatic N) is 2. The van der Waals surface area contributed by atoms with Crippen LogP contribution < -0.4 is 5.73 Å². The molecule has 26 heavy (non-hydrogen) atoms. The molecular weight excluding hydrogens is 370 g/mol. The number of anilines is 1. The van der Waals surface area contributed by atoms with Crippen molar-refractivity contribution in [3.8, 4) is 0 Å².